The number of carbonyl (C=O) groups excluding carboxylic acids is 2. The molecular weight excluding hydrogens is 426 g/mol. The molecule has 0 spiro atoms. The SMILES string of the molecule is CCOc1cccc(/C(O)=C2\C(=O)C(=O)N(Cc3ccccc3)C2c2cccc(Cl)c2)c1. The fourth-order valence-corrected chi connectivity index (χ4v) is 4.10. The van der Waals surface area contributed by atoms with Crippen molar-refractivity contribution in [1.29, 1.82) is 0 Å². The molecule has 162 valence electrons. The Hall–Kier alpha value is -3.57. The smallest absolute Gasteiger partial charge is 0.295 e. The molecule has 32 heavy (non-hydrogen) atoms. The second kappa shape index (κ2) is 9.28. The molecule has 0 saturated carbocycles. The molecular formula is C26H22ClNO4. The van der Waals surface area contributed by atoms with E-state index in [1.54, 1.807) is 48.5 Å². The summed E-state index contributed by atoms with van der Waals surface area (Å²) >= 11 is 6.22. The molecule has 0 aromatic heterocycles. The van der Waals surface area contributed by atoms with Crippen molar-refractivity contribution in [1.82, 2.24) is 4.90 Å². The largest absolute Gasteiger partial charge is 0.507 e. The van der Waals surface area contributed by atoms with Crippen molar-refractivity contribution in [2.75, 3.05) is 6.61 Å². The van der Waals surface area contributed by atoms with Gasteiger partial charge < -0.3 is 14.7 Å². The van der Waals surface area contributed by atoms with Crippen molar-refractivity contribution in [3.05, 3.63) is 106 Å². The number of amides is 1. The normalized spacial score (nSPS) is 17.6. The highest BCUT2D eigenvalue weighted by molar-refractivity contribution is 6.46. The molecule has 3 aromatic rings. The number of hydrogen-bond donors (Lipinski definition) is 1. The number of likely N-dealkylation sites (tertiary alicyclic amines) is 1. The van der Waals surface area contributed by atoms with E-state index in [1.165, 1.54) is 4.90 Å². The fourth-order valence-electron chi connectivity index (χ4n) is 3.90. The lowest BCUT2D eigenvalue weighted by molar-refractivity contribution is -0.140. The third kappa shape index (κ3) is 4.25. The van der Waals surface area contributed by atoms with E-state index in [4.69, 9.17) is 16.3 Å². The zero-order chi connectivity index (χ0) is 22.7. The molecule has 4 rings (SSSR count). The average Bonchev–Trinajstić information content (AvgIpc) is 3.05. The Kier molecular flexibility index (Phi) is 6.28. The first-order valence-corrected chi connectivity index (χ1v) is 10.7. The van der Waals surface area contributed by atoms with Crippen LogP contribution in [0.5, 0.6) is 5.75 Å². The van der Waals surface area contributed by atoms with Gasteiger partial charge >= 0.3 is 0 Å². The summed E-state index contributed by atoms with van der Waals surface area (Å²) in [6.45, 7) is 2.55. The standard InChI is InChI=1S/C26H22ClNO4/c1-2-32-21-13-7-11-19(15-21)24(29)22-23(18-10-6-12-20(27)14-18)28(26(31)25(22)30)16-17-8-4-3-5-9-17/h3-15,23,29H,2,16H2,1H3/b24-22+. The van der Waals surface area contributed by atoms with Gasteiger partial charge in [-0.2, -0.15) is 0 Å². The van der Waals surface area contributed by atoms with Crippen LogP contribution in [0.4, 0.5) is 0 Å². The topological polar surface area (TPSA) is 66.8 Å². The Labute approximate surface area is 191 Å². The number of nitrogens with zero attached hydrogens (tertiary/aromatic N) is 1. The lowest BCUT2D eigenvalue weighted by Crippen LogP contribution is -2.29. The Morgan fingerprint density at radius 3 is 2.47 bits per heavy atom. The fraction of sp³-hybridized carbons (Fsp3) is 0.154. The summed E-state index contributed by atoms with van der Waals surface area (Å²) in [4.78, 5) is 27.7. The van der Waals surface area contributed by atoms with Crippen molar-refractivity contribution in [3.8, 4) is 5.75 Å². The molecule has 1 unspecified atom stereocenters. The molecule has 1 saturated heterocycles. The van der Waals surface area contributed by atoms with Gasteiger partial charge in [0.1, 0.15) is 11.5 Å². The summed E-state index contributed by atoms with van der Waals surface area (Å²) in [5.74, 6) is -1.08. The molecule has 1 amide bonds. The number of ether oxygens (including phenoxy) is 1. The van der Waals surface area contributed by atoms with Crippen LogP contribution in [-0.4, -0.2) is 28.3 Å². The monoisotopic (exact) mass is 447 g/mol. The first kappa shape index (κ1) is 21.7. The zero-order valence-electron chi connectivity index (χ0n) is 17.5. The highest BCUT2D eigenvalue weighted by Gasteiger charge is 2.46. The van der Waals surface area contributed by atoms with E-state index >= 15 is 0 Å². The van der Waals surface area contributed by atoms with Gasteiger partial charge in [0.05, 0.1) is 18.2 Å². The molecule has 6 heteroatoms. The number of hydrogen-bond acceptors (Lipinski definition) is 4. The number of aliphatic hydroxyl groups excluding tert-OH is 1. The van der Waals surface area contributed by atoms with Crippen LogP contribution in [0, 0.1) is 0 Å². The quantitative estimate of drug-likeness (QED) is 0.314. The number of halogens is 1. The predicted octanol–water partition coefficient (Wildman–Crippen LogP) is 5.36. The first-order valence-electron chi connectivity index (χ1n) is 10.3. The van der Waals surface area contributed by atoms with Gasteiger partial charge in [-0.05, 0) is 42.3 Å². The maximum absolute atomic E-state index is 13.1. The molecule has 1 N–H and O–H groups in total. The number of carbonyl (C=O) groups is 2. The minimum Gasteiger partial charge on any atom is -0.507 e. The number of rotatable bonds is 6. The minimum atomic E-state index is -0.773. The van der Waals surface area contributed by atoms with E-state index in [0.717, 1.165) is 5.56 Å². The van der Waals surface area contributed by atoms with Crippen LogP contribution < -0.4 is 4.74 Å². The number of benzene rings is 3. The lowest BCUT2D eigenvalue weighted by atomic mass is 9.95. The summed E-state index contributed by atoms with van der Waals surface area (Å²) in [5, 5.41) is 11.7. The Morgan fingerprint density at radius 1 is 1.00 bits per heavy atom. The van der Waals surface area contributed by atoms with Crippen LogP contribution in [0.15, 0.2) is 84.4 Å². The predicted molar refractivity (Wildman–Crippen MR) is 123 cm³/mol. The molecule has 0 radical (unpaired) electrons. The molecule has 1 aliphatic heterocycles. The van der Waals surface area contributed by atoms with Gasteiger partial charge in [0.25, 0.3) is 11.7 Å². The van der Waals surface area contributed by atoms with E-state index in [1.807, 2.05) is 37.3 Å². The highest BCUT2D eigenvalue weighted by atomic mass is 35.5. The number of Topliss-reactive ketones (excluding diaryl/α,β-unsaturated/α-hetero) is 1. The third-order valence-electron chi connectivity index (χ3n) is 5.32. The molecule has 0 bridgehead atoms. The van der Waals surface area contributed by atoms with Crippen LogP contribution in [0.3, 0.4) is 0 Å². The van der Waals surface area contributed by atoms with E-state index in [2.05, 4.69) is 0 Å². The summed E-state index contributed by atoms with van der Waals surface area (Å²) in [5.41, 5.74) is 1.96. The van der Waals surface area contributed by atoms with Crippen LogP contribution in [0.1, 0.15) is 29.7 Å². The minimum absolute atomic E-state index is 0.0295. The summed E-state index contributed by atoms with van der Waals surface area (Å²) in [7, 11) is 0. The zero-order valence-corrected chi connectivity index (χ0v) is 18.3. The van der Waals surface area contributed by atoms with Gasteiger partial charge in [0, 0.05) is 17.1 Å². The van der Waals surface area contributed by atoms with E-state index < -0.39 is 17.7 Å². The summed E-state index contributed by atoms with van der Waals surface area (Å²) < 4.78 is 5.52. The van der Waals surface area contributed by atoms with Gasteiger partial charge in [0.2, 0.25) is 0 Å². The van der Waals surface area contributed by atoms with Gasteiger partial charge in [-0.15, -0.1) is 0 Å². The van der Waals surface area contributed by atoms with Crippen molar-refractivity contribution >= 4 is 29.1 Å². The Bertz CT molecular complexity index is 1190. The second-order valence-corrected chi connectivity index (χ2v) is 7.86. The number of aliphatic hydroxyl groups is 1. The maximum atomic E-state index is 13.1. The molecule has 0 aliphatic carbocycles. The van der Waals surface area contributed by atoms with Crippen molar-refractivity contribution in [3.63, 3.8) is 0 Å². The van der Waals surface area contributed by atoms with Gasteiger partial charge in [-0.25, -0.2) is 0 Å². The first-order chi connectivity index (χ1) is 15.5. The van der Waals surface area contributed by atoms with E-state index in [9.17, 15) is 14.7 Å². The van der Waals surface area contributed by atoms with E-state index in [0.29, 0.717) is 28.5 Å². The molecule has 3 aromatic carbocycles. The molecule has 1 atom stereocenters. The average molecular weight is 448 g/mol. The van der Waals surface area contributed by atoms with Crippen LogP contribution in [0.2, 0.25) is 5.02 Å². The van der Waals surface area contributed by atoms with Crippen LogP contribution in [0.25, 0.3) is 5.76 Å². The highest BCUT2D eigenvalue weighted by Crippen LogP contribution is 2.41. The van der Waals surface area contributed by atoms with Crippen molar-refractivity contribution < 1.29 is 19.4 Å². The van der Waals surface area contributed by atoms with Gasteiger partial charge in [0.15, 0.2) is 0 Å². The number of ketones is 1. The summed E-state index contributed by atoms with van der Waals surface area (Å²) in [6, 6.07) is 22.5. The molecule has 1 fully saturated rings. The third-order valence-corrected chi connectivity index (χ3v) is 5.55. The molecule has 1 aliphatic rings. The van der Waals surface area contributed by atoms with Gasteiger partial charge in [-0.1, -0.05) is 66.2 Å². The Morgan fingerprint density at radius 2 is 1.75 bits per heavy atom. The van der Waals surface area contributed by atoms with Crippen molar-refractivity contribution in [2.24, 2.45) is 0 Å². The van der Waals surface area contributed by atoms with Crippen LogP contribution in [-0.2, 0) is 16.1 Å². The maximum Gasteiger partial charge on any atom is 0.295 e. The molecule has 1 heterocycles. The lowest BCUT2D eigenvalue weighted by Gasteiger charge is -2.25. The van der Waals surface area contributed by atoms with Crippen LogP contribution >= 0.6 is 11.6 Å². The van der Waals surface area contributed by atoms with Gasteiger partial charge in [-0.3, -0.25) is 9.59 Å². The second-order valence-electron chi connectivity index (χ2n) is 7.43. The Balaban J connectivity index is 1.85. The van der Waals surface area contributed by atoms with Crippen molar-refractivity contribution in [2.45, 2.75) is 19.5 Å². The molecule has 5 nitrogen and oxygen atoms in total. The van der Waals surface area contributed by atoms with E-state index in [-0.39, 0.29) is 17.9 Å². The summed E-state index contributed by atoms with van der Waals surface area (Å²) in [6.07, 6.45) is 0.